The second-order valence-corrected chi connectivity index (χ2v) is 4.33. The van der Waals surface area contributed by atoms with Crippen LogP contribution in [0.4, 0.5) is 0 Å². The molecular weight excluding hydrogens is 234 g/mol. The molecule has 0 aliphatic carbocycles. The Hall–Kier alpha value is -2.53. The lowest BCUT2D eigenvalue weighted by atomic mass is 9.93. The van der Waals surface area contributed by atoms with Gasteiger partial charge in [-0.1, -0.05) is 43.8 Å². The van der Waals surface area contributed by atoms with Crippen LogP contribution in [-0.4, -0.2) is 5.11 Å². The highest BCUT2D eigenvalue weighted by atomic mass is 16.3. The van der Waals surface area contributed by atoms with Gasteiger partial charge in [-0.25, -0.2) is 0 Å². The van der Waals surface area contributed by atoms with Crippen LogP contribution in [0.3, 0.4) is 0 Å². The predicted octanol–water partition coefficient (Wildman–Crippen LogP) is 4.32. The number of benzene rings is 2. The van der Waals surface area contributed by atoms with E-state index in [1.807, 2.05) is 42.5 Å². The van der Waals surface area contributed by atoms with Gasteiger partial charge in [0.25, 0.3) is 0 Å². The number of aliphatic hydroxyl groups excluding tert-OH is 1. The van der Waals surface area contributed by atoms with E-state index in [2.05, 4.69) is 19.6 Å². The van der Waals surface area contributed by atoms with Crippen LogP contribution in [0, 0.1) is 11.3 Å². The van der Waals surface area contributed by atoms with Crippen molar-refractivity contribution in [3.8, 4) is 17.2 Å². The van der Waals surface area contributed by atoms with Crippen molar-refractivity contribution in [2.24, 2.45) is 0 Å². The molecule has 2 aromatic carbocycles. The Morgan fingerprint density at radius 2 is 1.95 bits per heavy atom. The van der Waals surface area contributed by atoms with Crippen LogP contribution < -0.4 is 0 Å². The first kappa shape index (κ1) is 12.9. The lowest BCUT2D eigenvalue weighted by molar-refractivity contribution is 0.514. The van der Waals surface area contributed by atoms with Crippen molar-refractivity contribution < 1.29 is 5.11 Å². The van der Waals surface area contributed by atoms with E-state index in [-0.39, 0.29) is 5.76 Å². The zero-order chi connectivity index (χ0) is 13.8. The van der Waals surface area contributed by atoms with Gasteiger partial charge in [0.1, 0.15) is 5.76 Å². The summed E-state index contributed by atoms with van der Waals surface area (Å²) in [7, 11) is 0. The van der Waals surface area contributed by atoms with Crippen LogP contribution in [-0.2, 0) is 6.42 Å². The molecule has 0 unspecified atom stereocenters. The summed E-state index contributed by atoms with van der Waals surface area (Å²) in [5.74, 6) is 0.0646. The van der Waals surface area contributed by atoms with Gasteiger partial charge in [-0.05, 0) is 35.2 Å². The molecule has 2 heteroatoms. The van der Waals surface area contributed by atoms with E-state index >= 15 is 0 Å². The van der Waals surface area contributed by atoms with Crippen molar-refractivity contribution in [3.63, 3.8) is 0 Å². The number of aliphatic hydroxyl groups is 1. The second kappa shape index (κ2) is 5.41. The highest BCUT2D eigenvalue weighted by molar-refractivity contribution is 5.75. The first-order valence-corrected chi connectivity index (χ1v) is 6.18. The van der Waals surface area contributed by atoms with Gasteiger partial charge in [0, 0.05) is 5.56 Å². The Kier molecular flexibility index (Phi) is 3.68. The fourth-order valence-electron chi connectivity index (χ4n) is 2.14. The van der Waals surface area contributed by atoms with Crippen molar-refractivity contribution >= 4 is 5.76 Å². The normalized spacial score (nSPS) is 9.89. The molecule has 94 valence electrons. The maximum Gasteiger partial charge on any atom is 0.115 e. The number of nitrogens with zero attached hydrogens (tertiary/aromatic N) is 1. The van der Waals surface area contributed by atoms with Gasteiger partial charge in [0.05, 0.1) is 11.6 Å². The van der Waals surface area contributed by atoms with Crippen LogP contribution >= 0.6 is 0 Å². The third-order valence-corrected chi connectivity index (χ3v) is 3.16. The smallest absolute Gasteiger partial charge is 0.115 e. The maximum atomic E-state index is 9.46. The first-order chi connectivity index (χ1) is 9.17. The molecule has 0 bridgehead atoms. The second-order valence-electron chi connectivity index (χ2n) is 4.33. The summed E-state index contributed by atoms with van der Waals surface area (Å²) >= 11 is 0. The minimum absolute atomic E-state index is 0.0646. The summed E-state index contributed by atoms with van der Waals surface area (Å²) in [5, 5.41) is 18.6. The van der Waals surface area contributed by atoms with E-state index < -0.39 is 0 Å². The molecule has 0 fully saturated rings. The van der Waals surface area contributed by atoms with E-state index in [9.17, 15) is 10.4 Å². The Morgan fingerprint density at radius 3 is 2.58 bits per heavy atom. The average molecular weight is 249 g/mol. The van der Waals surface area contributed by atoms with Crippen molar-refractivity contribution in [1.29, 1.82) is 5.26 Å². The van der Waals surface area contributed by atoms with Crippen molar-refractivity contribution in [1.82, 2.24) is 0 Å². The summed E-state index contributed by atoms with van der Waals surface area (Å²) in [4.78, 5) is 0. The van der Waals surface area contributed by atoms with Gasteiger partial charge in [-0.15, -0.1) is 0 Å². The topological polar surface area (TPSA) is 44.0 Å². The monoisotopic (exact) mass is 249 g/mol. The van der Waals surface area contributed by atoms with E-state index in [0.29, 0.717) is 5.56 Å². The average Bonchev–Trinajstić information content (AvgIpc) is 2.46. The van der Waals surface area contributed by atoms with Gasteiger partial charge in [-0.2, -0.15) is 5.26 Å². The number of aryl methyl sites for hydroxylation is 1. The molecule has 0 aromatic heterocycles. The number of hydrogen-bond acceptors (Lipinski definition) is 2. The molecule has 0 aliphatic rings. The van der Waals surface area contributed by atoms with Gasteiger partial charge in [0.15, 0.2) is 0 Å². The molecule has 0 saturated heterocycles. The predicted molar refractivity (Wildman–Crippen MR) is 77.6 cm³/mol. The van der Waals surface area contributed by atoms with Crippen molar-refractivity contribution in [2.45, 2.75) is 13.3 Å². The maximum absolute atomic E-state index is 9.46. The van der Waals surface area contributed by atoms with Crippen LogP contribution in [0.25, 0.3) is 16.9 Å². The third-order valence-electron chi connectivity index (χ3n) is 3.16. The molecule has 0 aliphatic heterocycles. The zero-order valence-corrected chi connectivity index (χ0v) is 10.9. The Morgan fingerprint density at radius 1 is 1.21 bits per heavy atom. The van der Waals surface area contributed by atoms with E-state index in [0.717, 1.165) is 28.7 Å². The minimum atomic E-state index is 0.0646. The molecule has 0 atom stereocenters. The van der Waals surface area contributed by atoms with Gasteiger partial charge >= 0.3 is 0 Å². The highest BCUT2D eigenvalue weighted by Gasteiger charge is 2.09. The molecule has 0 spiro atoms. The van der Waals surface area contributed by atoms with Crippen LogP contribution in [0.1, 0.15) is 23.6 Å². The van der Waals surface area contributed by atoms with Crippen molar-refractivity contribution in [3.05, 3.63) is 65.7 Å². The molecule has 2 nitrogen and oxygen atoms in total. The number of rotatable bonds is 3. The zero-order valence-electron chi connectivity index (χ0n) is 10.9. The van der Waals surface area contributed by atoms with Gasteiger partial charge in [0.2, 0.25) is 0 Å². The van der Waals surface area contributed by atoms with Gasteiger partial charge in [-0.3, -0.25) is 0 Å². The highest BCUT2D eigenvalue weighted by Crippen LogP contribution is 2.29. The summed E-state index contributed by atoms with van der Waals surface area (Å²) < 4.78 is 0. The van der Waals surface area contributed by atoms with Crippen LogP contribution in [0.5, 0.6) is 0 Å². The quantitative estimate of drug-likeness (QED) is 0.823. The molecule has 0 saturated carbocycles. The van der Waals surface area contributed by atoms with Crippen molar-refractivity contribution in [2.75, 3.05) is 0 Å². The van der Waals surface area contributed by atoms with Gasteiger partial charge < -0.3 is 5.11 Å². The summed E-state index contributed by atoms with van der Waals surface area (Å²) in [6.07, 6.45) is 0.830. The molecule has 2 aromatic rings. The lowest BCUT2D eigenvalue weighted by Crippen LogP contribution is -1.93. The van der Waals surface area contributed by atoms with Crippen LogP contribution in [0.2, 0.25) is 0 Å². The molecule has 1 N–H and O–H groups in total. The summed E-state index contributed by atoms with van der Waals surface area (Å²) in [5.41, 5.74) is 4.43. The Labute approximate surface area is 113 Å². The standard InChI is InChI=1S/C17H15NO/c1-3-13-10-14(12(2)19)8-9-17(13)16-7-5-4-6-15(16)11-18/h4-10,19H,2-3H2,1H3. The Bertz CT molecular complexity index is 665. The van der Waals surface area contributed by atoms with E-state index in [1.165, 1.54) is 0 Å². The first-order valence-electron chi connectivity index (χ1n) is 6.18. The molecule has 19 heavy (non-hydrogen) atoms. The summed E-state index contributed by atoms with van der Waals surface area (Å²) in [6, 6.07) is 15.4. The fourth-order valence-corrected chi connectivity index (χ4v) is 2.14. The molecule has 0 radical (unpaired) electrons. The Balaban J connectivity index is 2.63. The van der Waals surface area contributed by atoms with E-state index in [1.54, 1.807) is 0 Å². The SMILES string of the molecule is C=C(O)c1ccc(-c2ccccc2C#N)c(CC)c1. The molecule has 2 rings (SSSR count). The largest absolute Gasteiger partial charge is 0.508 e. The summed E-state index contributed by atoms with van der Waals surface area (Å²) in [6.45, 7) is 5.59. The minimum Gasteiger partial charge on any atom is -0.508 e. The number of hydrogen-bond donors (Lipinski definition) is 1. The fraction of sp³-hybridized carbons (Fsp3) is 0.118. The molecule has 0 amide bonds. The lowest BCUT2D eigenvalue weighted by Gasteiger charge is -2.11. The van der Waals surface area contributed by atoms with E-state index in [4.69, 9.17) is 0 Å². The third kappa shape index (κ3) is 2.51. The molecule has 0 heterocycles. The number of nitriles is 1. The molecular formula is C17H15NO. The van der Waals surface area contributed by atoms with Crippen LogP contribution in [0.15, 0.2) is 49.0 Å².